The third-order valence-corrected chi connectivity index (χ3v) is 4.88. The second kappa shape index (κ2) is 6.84. The van der Waals surface area contributed by atoms with Crippen LogP contribution in [0.3, 0.4) is 0 Å². The molecule has 2 aromatic carbocycles. The lowest BCUT2D eigenvalue weighted by molar-refractivity contribution is 0.0593. The molecule has 0 unspecified atom stereocenters. The van der Waals surface area contributed by atoms with Crippen molar-refractivity contribution in [1.29, 1.82) is 5.26 Å². The third kappa shape index (κ3) is 2.91. The molecule has 0 radical (unpaired) electrons. The number of hydrogen-bond acceptors (Lipinski definition) is 6. The van der Waals surface area contributed by atoms with Crippen LogP contribution in [0.2, 0.25) is 0 Å². The van der Waals surface area contributed by atoms with Gasteiger partial charge >= 0.3 is 5.97 Å². The maximum absolute atomic E-state index is 12.3. The molecule has 0 atom stereocenters. The number of nitrogens with two attached hydrogens (primary N) is 1. The van der Waals surface area contributed by atoms with E-state index in [2.05, 4.69) is 4.98 Å². The van der Waals surface area contributed by atoms with Crippen LogP contribution in [-0.2, 0) is 4.74 Å². The fraction of sp³-hybridized carbons (Fsp3) is 0.136. The minimum absolute atomic E-state index is 0.0847. The molecule has 0 spiro atoms. The Bertz CT molecular complexity index is 1310. The summed E-state index contributed by atoms with van der Waals surface area (Å²) in [5.41, 5.74) is 11.3. The van der Waals surface area contributed by atoms with E-state index in [1.807, 2.05) is 56.3 Å². The molecule has 2 N–H and O–H groups in total. The molecular weight excluding hydrogens is 368 g/mol. The molecule has 2 heterocycles. The number of oxazole rings is 1. The van der Waals surface area contributed by atoms with Gasteiger partial charge in [-0.05, 0) is 49.2 Å². The van der Waals surface area contributed by atoms with E-state index in [-0.39, 0.29) is 16.9 Å². The molecule has 0 fully saturated rings. The molecule has 0 aliphatic rings. The fourth-order valence-electron chi connectivity index (χ4n) is 3.37. The number of esters is 1. The van der Waals surface area contributed by atoms with Crippen LogP contribution >= 0.6 is 0 Å². The zero-order valence-corrected chi connectivity index (χ0v) is 16.2. The number of benzene rings is 2. The highest BCUT2D eigenvalue weighted by atomic mass is 16.5. The average molecular weight is 386 g/mol. The van der Waals surface area contributed by atoms with Gasteiger partial charge < -0.3 is 19.5 Å². The summed E-state index contributed by atoms with van der Waals surface area (Å²) in [4.78, 5) is 16.9. The molecule has 0 saturated heterocycles. The summed E-state index contributed by atoms with van der Waals surface area (Å²) in [6, 6.07) is 13.4. The highest BCUT2D eigenvalue weighted by Gasteiger charge is 2.23. The van der Waals surface area contributed by atoms with Gasteiger partial charge in [0.2, 0.25) is 5.89 Å². The van der Waals surface area contributed by atoms with Crippen LogP contribution in [-0.4, -0.2) is 22.6 Å². The van der Waals surface area contributed by atoms with Crippen LogP contribution in [0.5, 0.6) is 0 Å². The van der Waals surface area contributed by atoms with E-state index in [0.29, 0.717) is 17.2 Å². The molecule has 7 heteroatoms. The van der Waals surface area contributed by atoms with E-state index in [9.17, 15) is 10.1 Å². The number of rotatable bonds is 3. The second-order valence-corrected chi connectivity index (χ2v) is 6.72. The van der Waals surface area contributed by atoms with Gasteiger partial charge in [0, 0.05) is 17.4 Å². The first-order valence-corrected chi connectivity index (χ1v) is 8.91. The Kier molecular flexibility index (Phi) is 4.32. The number of aryl methyl sites for hydroxylation is 1. The Balaban J connectivity index is 1.92. The first kappa shape index (κ1) is 18.3. The van der Waals surface area contributed by atoms with Crippen LogP contribution in [0.4, 0.5) is 5.69 Å². The summed E-state index contributed by atoms with van der Waals surface area (Å²) in [6.07, 6.45) is 1.53. The third-order valence-electron chi connectivity index (χ3n) is 4.88. The van der Waals surface area contributed by atoms with Crippen molar-refractivity contribution in [2.45, 2.75) is 13.8 Å². The number of nitrogen functional groups attached to an aromatic ring is 1. The molecule has 0 aliphatic carbocycles. The Morgan fingerprint density at radius 2 is 2.07 bits per heavy atom. The first-order chi connectivity index (χ1) is 13.9. The summed E-state index contributed by atoms with van der Waals surface area (Å²) in [5.74, 6) is -0.142. The molecule has 7 nitrogen and oxygen atoms in total. The van der Waals surface area contributed by atoms with E-state index < -0.39 is 5.97 Å². The first-order valence-electron chi connectivity index (χ1n) is 8.91. The number of methoxy groups -OCH3 is 1. The standard InChI is InChI=1S/C22H18N4O3/c1-12-7-8-18-16(9-12)25-21(29-18)15-5-4-6-17(13(15)2)26-11-14(10-23)19(24)20(26)22(27)28-3/h4-9,11H,24H2,1-3H3. The number of nitriles is 1. The zero-order chi connectivity index (χ0) is 20.7. The predicted octanol–water partition coefficient (Wildman–Crippen LogP) is 4.14. The highest BCUT2D eigenvalue weighted by molar-refractivity contribution is 5.96. The topological polar surface area (TPSA) is 107 Å². The Morgan fingerprint density at radius 1 is 1.28 bits per heavy atom. The number of hydrogen-bond donors (Lipinski definition) is 1. The van der Waals surface area contributed by atoms with Crippen molar-refractivity contribution in [2.24, 2.45) is 0 Å². The lowest BCUT2D eigenvalue weighted by Crippen LogP contribution is -2.12. The van der Waals surface area contributed by atoms with Crippen molar-refractivity contribution in [3.05, 3.63) is 65.0 Å². The average Bonchev–Trinajstić information content (AvgIpc) is 3.27. The number of carbonyl (C=O) groups is 1. The smallest absolute Gasteiger partial charge is 0.357 e. The summed E-state index contributed by atoms with van der Waals surface area (Å²) in [6.45, 7) is 3.89. The molecule has 0 saturated carbocycles. The van der Waals surface area contributed by atoms with Gasteiger partial charge in [0.25, 0.3) is 0 Å². The maximum Gasteiger partial charge on any atom is 0.357 e. The van der Waals surface area contributed by atoms with E-state index in [1.54, 1.807) is 4.57 Å². The molecule has 0 aliphatic heterocycles. The number of anilines is 1. The lowest BCUT2D eigenvalue weighted by Gasteiger charge is -2.13. The van der Waals surface area contributed by atoms with E-state index in [0.717, 1.165) is 22.2 Å². The molecule has 29 heavy (non-hydrogen) atoms. The van der Waals surface area contributed by atoms with Gasteiger partial charge in [0.05, 0.1) is 18.4 Å². The number of ether oxygens (including phenoxy) is 1. The molecule has 2 aromatic heterocycles. The van der Waals surface area contributed by atoms with Crippen molar-refractivity contribution in [1.82, 2.24) is 9.55 Å². The van der Waals surface area contributed by atoms with Crippen LogP contribution < -0.4 is 5.73 Å². The van der Waals surface area contributed by atoms with Gasteiger partial charge in [-0.3, -0.25) is 0 Å². The molecule has 0 bridgehead atoms. The monoisotopic (exact) mass is 386 g/mol. The summed E-state index contributed by atoms with van der Waals surface area (Å²) < 4.78 is 12.4. The Labute approximate surface area is 166 Å². The number of nitrogens with zero attached hydrogens (tertiary/aromatic N) is 3. The highest BCUT2D eigenvalue weighted by Crippen LogP contribution is 2.32. The van der Waals surface area contributed by atoms with Crippen LogP contribution in [0, 0.1) is 25.2 Å². The summed E-state index contributed by atoms with van der Waals surface area (Å²) in [7, 11) is 1.27. The Hall–Kier alpha value is -4.05. The molecule has 4 aromatic rings. The van der Waals surface area contributed by atoms with Crippen LogP contribution in [0.15, 0.2) is 47.0 Å². The minimum atomic E-state index is -0.619. The quantitative estimate of drug-likeness (QED) is 0.530. The van der Waals surface area contributed by atoms with Crippen molar-refractivity contribution in [2.75, 3.05) is 12.8 Å². The summed E-state index contributed by atoms with van der Waals surface area (Å²) >= 11 is 0. The fourth-order valence-corrected chi connectivity index (χ4v) is 3.37. The lowest BCUT2D eigenvalue weighted by atomic mass is 10.1. The van der Waals surface area contributed by atoms with Crippen molar-refractivity contribution in [3.63, 3.8) is 0 Å². The van der Waals surface area contributed by atoms with Gasteiger partial charge in [0.15, 0.2) is 11.3 Å². The zero-order valence-electron chi connectivity index (χ0n) is 16.2. The molecule has 0 amide bonds. The van der Waals surface area contributed by atoms with Gasteiger partial charge in [-0.2, -0.15) is 5.26 Å². The van der Waals surface area contributed by atoms with E-state index >= 15 is 0 Å². The van der Waals surface area contributed by atoms with Gasteiger partial charge in [-0.15, -0.1) is 0 Å². The Morgan fingerprint density at radius 3 is 2.79 bits per heavy atom. The van der Waals surface area contributed by atoms with Crippen molar-refractivity contribution >= 4 is 22.8 Å². The minimum Gasteiger partial charge on any atom is -0.464 e. The number of aromatic nitrogens is 2. The molecular formula is C22H18N4O3. The molecule has 4 rings (SSSR count). The number of fused-ring (bicyclic) bond motifs is 1. The van der Waals surface area contributed by atoms with E-state index in [4.69, 9.17) is 14.9 Å². The van der Waals surface area contributed by atoms with Gasteiger partial charge in [-0.1, -0.05) is 12.1 Å². The maximum atomic E-state index is 12.3. The molecule has 144 valence electrons. The largest absolute Gasteiger partial charge is 0.464 e. The van der Waals surface area contributed by atoms with Crippen molar-refractivity contribution in [3.8, 4) is 23.2 Å². The predicted molar refractivity (Wildman–Crippen MR) is 109 cm³/mol. The SMILES string of the molecule is COC(=O)c1c(N)c(C#N)cn1-c1cccc(-c2nc3cc(C)ccc3o2)c1C. The van der Waals surface area contributed by atoms with Crippen LogP contribution in [0.1, 0.15) is 27.2 Å². The number of carbonyl (C=O) groups excluding carboxylic acids is 1. The van der Waals surface area contributed by atoms with Crippen molar-refractivity contribution < 1.29 is 13.9 Å². The van der Waals surface area contributed by atoms with Gasteiger partial charge in [-0.25, -0.2) is 9.78 Å². The van der Waals surface area contributed by atoms with Gasteiger partial charge in [0.1, 0.15) is 11.6 Å². The normalized spacial score (nSPS) is 10.8. The van der Waals surface area contributed by atoms with E-state index in [1.165, 1.54) is 13.3 Å². The second-order valence-electron chi connectivity index (χ2n) is 6.72. The summed E-state index contributed by atoms with van der Waals surface area (Å²) in [5, 5.41) is 9.34. The van der Waals surface area contributed by atoms with Crippen LogP contribution in [0.25, 0.3) is 28.2 Å².